The SMILES string of the molecule is Cc1ccc(C)c(C(NN)C2CC2C)c1. The van der Waals surface area contributed by atoms with Crippen molar-refractivity contribution in [2.75, 3.05) is 0 Å². The maximum absolute atomic E-state index is 5.68. The van der Waals surface area contributed by atoms with Gasteiger partial charge in [-0.3, -0.25) is 11.3 Å². The lowest BCUT2D eigenvalue weighted by Crippen LogP contribution is -2.30. The minimum absolute atomic E-state index is 0.333. The highest BCUT2D eigenvalue weighted by Crippen LogP contribution is 2.47. The summed E-state index contributed by atoms with van der Waals surface area (Å²) in [6.45, 7) is 6.58. The van der Waals surface area contributed by atoms with Gasteiger partial charge in [0.15, 0.2) is 0 Å². The molecule has 0 amide bonds. The van der Waals surface area contributed by atoms with Gasteiger partial charge in [-0.15, -0.1) is 0 Å². The molecule has 3 unspecified atom stereocenters. The molecule has 3 N–H and O–H groups in total. The summed E-state index contributed by atoms with van der Waals surface area (Å²) in [5, 5.41) is 0. The second-order valence-corrected chi connectivity index (χ2v) is 4.88. The van der Waals surface area contributed by atoms with Crippen LogP contribution in [-0.4, -0.2) is 0 Å². The Balaban J connectivity index is 2.29. The first-order valence-electron chi connectivity index (χ1n) is 5.66. The molecule has 2 rings (SSSR count). The second kappa shape index (κ2) is 3.95. The van der Waals surface area contributed by atoms with Crippen molar-refractivity contribution in [3.8, 4) is 0 Å². The van der Waals surface area contributed by atoms with Crippen LogP contribution in [0.1, 0.15) is 36.1 Å². The van der Waals surface area contributed by atoms with E-state index in [1.165, 1.54) is 23.1 Å². The Hall–Kier alpha value is -0.860. The Labute approximate surface area is 91.8 Å². The van der Waals surface area contributed by atoms with Crippen LogP contribution in [0.3, 0.4) is 0 Å². The Morgan fingerprint density at radius 1 is 1.40 bits per heavy atom. The van der Waals surface area contributed by atoms with Crippen molar-refractivity contribution in [1.29, 1.82) is 0 Å². The second-order valence-electron chi connectivity index (χ2n) is 4.88. The molecule has 0 spiro atoms. The van der Waals surface area contributed by atoms with E-state index in [1.54, 1.807) is 0 Å². The molecule has 1 saturated carbocycles. The zero-order valence-electron chi connectivity index (χ0n) is 9.75. The van der Waals surface area contributed by atoms with Crippen molar-refractivity contribution in [3.05, 3.63) is 34.9 Å². The minimum atomic E-state index is 0.333. The largest absolute Gasteiger partial charge is 0.271 e. The highest BCUT2D eigenvalue weighted by molar-refractivity contribution is 5.34. The van der Waals surface area contributed by atoms with Gasteiger partial charge in [-0.1, -0.05) is 30.7 Å². The standard InChI is InChI=1S/C13H20N2/c1-8-4-5-9(2)11(6-8)13(15-14)12-7-10(12)3/h4-6,10,12-13,15H,7,14H2,1-3H3. The van der Waals surface area contributed by atoms with Crippen molar-refractivity contribution in [1.82, 2.24) is 5.43 Å². The maximum Gasteiger partial charge on any atom is 0.0493 e. The number of hydrogen-bond donors (Lipinski definition) is 2. The first kappa shape index (κ1) is 10.7. The van der Waals surface area contributed by atoms with Crippen LogP contribution in [0.25, 0.3) is 0 Å². The van der Waals surface area contributed by atoms with Gasteiger partial charge < -0.3 is 0 Å². The molecule has 0 aromatic heterocycles. The predicted octanol–water partition coefficient (Wildman–Crippen LogP) is 2.46. The van der Waals surface area contributed by atoms with Gasteiger partial charge in [-0.25, -0.2) is 0 Å². The summed E-state index contributed by atoms with van der Waals surface area (Å²) >= 11 is 0. The molecule has 1 aromatic carbocycles. The molecule has 15 heavy (non-hydrogen) atoms. The molecule has 3 atom stereocenters. The smallest absolute Gasteiger partial charge is 0.0493 e. The third-order valence-electron chi connectivity index (χ3n) is 3.55. The number of hydrazine groups is 1. The van der Waals surface area contributed by atoms with E-state index in [9.17, 15) is 0 Å². The van der Waals surface area contributed by atoms with E-state index in [4.69, 9.17) is 5.84 Å². The minimum Gasteiger partial charge on any atom is -0.271 e. The van der Waals surface area contributed by atoms with E-state index in [-0.39, 0.29) is 0 Å². The molecule has 82 valence electrons. The van der Waals surface area contributed by atoms with Crippen molar-refractivity contribution < 1.29 is 0 Å². The summed E-state index contributed by atoms with van der Waals surface area (Å²) < 4.78 is 0. The molecule has 0 aliphatic heterocycles. The van der Waals surface area contributed by atoms with Crippen LogP contribution < -0.4 is 11.3 Å². The molecule has 1 aromatic rings. The molecular weight excluding hydrogens is 184 g/mol. The maximum atomic E-state index is 5.68. The molecule has 0 bridgehead atoms. The van der Waals surface area contributed by atoms with Crippen molar-refractivity contribution >= 4 is 0 Å². The average molecular weight is 204 g/mol. The highest BCUT2D eigenvalue weighted by atomic mass is 15.2. The lowest BCUT2D eigenvalue weighted by molar-refractivity contribution is 0.473. The summed E-state index contributed by atoms with van der Waals surface area (Å²) in [6.07, 6.45) is 1.29. The fourth-order valence-corrected chi connectivity index (χ4v) is 2.35. The lowest BCUT2D eigenvalue weighted by Gasteiger charge is -2.19. The lowest BCUT2D eigenvalue weighted by atomic mass is 9.95. The Bertz CT molecular complexity index is 360. The average Bonchev–Trinajstić information content (AvgIpc) is 2.90. The van der Waals surface area contributed by atoms with Gasteiger partial charge in [0, 0.05) is 6.04 Å². The van der Waals surface area contributed by atoms with Crippen LogP contribution >= 0.6 is 0 Å². The zero-order valence-corrected chi connectivity index (χ0v) is 9.75. The van der Waals surface area contributed by atoms with Crippen LogP contribution in [0.15, 0.2) is 18.2 Å². The number of hydrogen-bond acceptors (Lipinski definition) is 2. The van der Waals surface area contributed by atoms with Crippen LogP contribution in [0.2, 0.25) is 0 Å². The fraction of sp³-hybridized carbons (Fsp3) is 0.538. The number of nitrogens with two attached hydrogens (primary N) is 1. The summed E-state index contributed by atoms with van der Waals surface area (Å²) in [5.41, 5.74) is 6.99. The van der Waals surface area contributed by atoms with Crippen LogP contribution in [0.4, 0.5) is 0 Å². The molecule has 1 aliphatic rings. The number of benzene rings is 1. The normalized spacial score (nSPS) is 26.4. The Kier molecular flexibility index (Phi) is 2.81. The first-order valence-corrected chi connectivity index (χ1v) is 5.66. The third kappa shape index (κ3) is 2.06. The molecular formula is C13H20N2. The van der Waals surface area contributed by atoms with Crippen LogP contribution in [-0.2, 0) is 0 Å². The molecule has 2 heteroatoms. The first-order chi connectivity index (χ1) is 7.13. The van der Waals surface area contributed by atoms with Gasteiger partial charge >= 0.3 is 0 Å². The van der Waals surface area contributed by atoms with E-state index < -0.39 is 0 Å². The molecule has 1 fully saturated rings. The van der Waals surface area contributed by atoms with E-state index in [0.717, 1.165) is 11.8 Å². The van der Waals surface area contributed by atoms with E-state index >= 15 is 0 Å². The number of nitrogens with one attached hydrogen (secondary N) is 1. The molecule has 2 nitrogen and oxygen atoms in total. The summed E-state index contributed by atoms with van der Waals surface area (Å²) in [5.74, 6) is 7.21. The van der Waals surface area contributed by atoms with Crippen molar-refractivity contribution in [3.63, 3.8) is 0 Å². The van der Waals surface area contributed by atoms with E-state index in [0.29, 0.717) is 6.04 Å². The number of aryl methyl sites for hydroxylation is 2. The molecule has 0 heterocycles. The molecule has 0 radical (unpaired) electrons. The fourth-order valence-electron chi connectivity index (χ4n) is 2.35. The molecule has 1 aliphatic carbocycles. The third-order valence-corrected chi connectivity index (χ3v) is 3.55. The van der Waals surface area contributed by atoms with Gasteiger partial charge in [-0.05, 0) is 43.2 Å². The van der Waals surface area contributed by atoms with Gasteiger partial charge in [0.1, 0.15) is 0 Å². The van der Waals surface area contributed by atoms with Gasteiger partial charge in [0.2, 0.25) is 0 Å². The van der Waals surface area contributed by atoms with Crippen LogP contribution in [0.5, 0.6) is 0 Å². The Morgan fingerprint density at radius 2 is 2.07 bits per heavy atom. The summed E-state index contributed by atoms with van der Waals surface area (Å²) in [4.78, 5) is 0. The van der Waals surface area contributed by atoms with Gasteiger partial charge in [0.05, 0.1) is 0 Å². The van der Waals surface area contributed by atoms with Crippen molar-refractivity contribution in [2.45, 2.75) is 33.2 Å². The van der Waals surface area contributed by atoms with E-state index in [2.05, 4.69) is 44.4 Å². The number of rotatable bonds is 3. The Morgan fingerprint density at radius 3 is 2.60 bits per heavy atom. The van der Waals surface area contributed by atoms with Gasteiger partial charge in [0.25, 0.3) is 0 Å². The van der Waals surface area contributed by atoms with E-state index in [1.807, 2.05) is 0 Å². The quantitative estimate of drug-likeness (QED) is 0.586. The van der Waals surface area contributed by atoms with Gasteiger partial charge in [-0.2, -0.15) is 0 Å². The van der Waals surface area contributed by atoms with Crippen molar-refractivity contribution in [2.24, 2.45) is 17.7 Å². The predicted molar refractivity (Wildman–Crippen MR) is 63.3 cm³/mol. The summed E-state index contributed by atoms with van der Waals surface area (Å²) in [6, 6.07) is 6.93. The van der Waals surface area contributed by atoms with Crippen LogP contribution in [0, 0.1) is 25.7 Å². The molecule has 0 saturated heterocycles. The zero-order chi connectivity index (χ0) is 11.0. The topological polar surface area (TPSA) is 38.0 Å². The monoisotopic (exact) mass is 204 g/mol. The highest BCUT2D eigenvalue weighted by Gasteiger charge is 2.40. The summed E-state index contributed by atoms with van der Waals surface area (Å²) in [7, 11) is 0.